The number of nitrogens with two attached hydrogens (primary N) is 1. The molecule has 1 aromatic heterocycles. The monoisotopic (exact) mass is 225 g/mol. The first kappa shape index (κ1) is 9.67. The number of hydrogen-bond acceptors (Lipinski definition) is 2. The van der Waals surface area contributed by atoms with E-state index in [0.29, 0.717) is 11.2 Å². The molecule has 1 aromatic rings. The Morgan fingerprint density at radius 2 is 2.27 bits per heavy atom. The quantitative estimate of drug-likeness (QED) is 0.797. The first-order chi connectivity index (χ1) is 7.12. The smallest absolute Gasteiger partial charge is 0.150 e. The summed E-state index contributed by atoms with van der Waals surface area (Å²) >= 11 is 6.13. The fourth-order valence-corrected chi connectivity index (χ4v) is 3.11. The van der Waals surface area contributed by atoms with E-state index in [1.165, 1.54) is 18.5 Å². The normalized spacial score (nSPS) is 27.5. The van der Waals surface area contributed by atoms with E-state index in [2.05, 4.69) is 9.55 Å². The highest BCUT2D eigenvalue weighted by atomic mass is 35.5. The molecule has 1 aliphatic carbocycles. The van der Waals surface area contributed by atoms with Crippen LogP contribution in [0.3, 0.4) is 0 Å². The molecule has 0 aromatic carbocycles. The first-order valence-electron chi connectivity index (χ1n) is 5.64. The molecule has 1 atom stereocenters. The summed E-state index contributed by atoms with van der Waals surface area (Å²) in [7, 11) is 0. The average Bonchev–Trinajstić information content (AvgIpc) is 2.89. The molecule has 1 saturated carbocycles. The van der Waals surface area contributed by atoms with Crippen LogP contribution in [0, 0.1) is 6.92 Å². The fraction of sp³-hybridized carbons (Fsp3) is 0.727. The molecule has 3 rings (SSSR count). The molecular weight excluding hydrogens is 210 g/mol. The number of imidazole rings is 1. The zero-order valence-corrected chi connectivity index (χ0v) is 9.72. The van der Waals surface area contributed by atoms with Gasteiger partial charge in [0.05, 0.1) is 11.7 Å². The highest BCUT2D eigenvalue weighted by molar-refractivity contribution is 6.30. The third kappa shape index (κ3) is 1.33. The summed E-state index contributed by atoms with van der Waals surface area (Å²) in [5, 5.41) is 0.682. The van der Waals surface area contributed by atoms with Crippen molar-refractivity contribution in [3.05, 3.63) is 16.7 Å². The largest absolute Gasteiger partial charge is 0.326 e. The third-order valence-electron chi connectivity index (χ3n) is 3.83. The zero-order valence-electron chi connectivity index (χ0n) is 8.96. The SMILES string of the molecule is Cc1nc(Cl)c2n1C(C1(N)CC1)CCC2. The number of halogens is 1. The van der Waals surface area contributed by atoms with E-state index >= 15 is 0 Å². The van der Waals surface area contributed by atoms with Gasteiger partial charge in [0.2, 0.25) is 0 Å². The summed E-state index contributed by atoms with van der Waals surface area (Å²) in [5.41, 5.74) is 7.55. The van der Waals surface area contributed by atoms with Crippen molar-refractivity contribution in [2.24, 2.45) is 5.73 Å². The van der Waals surface area contributed by atoms with Gasteiger partial charge >= 0.3 is 0 Å². The highest BCUT2D eigenvalue weighted by Crippen LogP contribution is 2.48. The van der Waals surface area contributed by atoms with Gasteiger partial charge in [0.25, 0.3) is 0 Å². The standard InChI is InChI=1S/C11H16ClN3/c1-7-14-10(12)8-3-2-4-9(15(7)8)11(13)5-6-11/h9H,2-6,13H2,1H3. The van der Waals surface area contributed by atoms with Gasteiger partial charge in [-0.05, 0) is 39.0 Å². The van der Waals surface area contributed by atoms with Gasteiger partial charge in [0.1, 0.15) is 5.82 Å². The van der Waals surface area contributed by atoms with Gasteiger partial charge in [0, 0.05) is 5.54 Å². The molecule has 2 heterocycles. The van der Waals surface area contributed by atoms with Crippen LogP contribution in [0.4, 0.5) is 0 Å². The molecule has 0 spiro atoms. The molecule has 1 unspecified atom stereocenters. The predicted octanol–water partition coefficient (Wildman–Crippen LogP) is 2.21. The van der Waals surface area contributed by atoms with Gasteiger partial charge in [0.15, 0.2) is 5.15 Å². The van der Waals surface area contributed by atoms with Crippen LogP contribution >= 0.6 is 11.6 Å². The van der Waals surface area contributed by atoms with Crippen LogP contribution in [0.25, 0.3) is 0 Å². The number of rotatable bonds is 1. The topological polar surface area (TPSA) is 43.8 Å². The van der Waals surface area contributed by atoms with E-state index < -0.39 is 0 Å². The van der Waals surface area contributed by atoms with Crippen molar-refractivity contribution in [1.82, 2.24) is 9.55 Å². The lowest BCUT2D eigenvalue weighted by molar-refractivity contribution is 0.321. The molecule has 15 heavy (non-hydrogen) atoms. The van der Waals surface area contributed by atoms with Crippen molar-refractivity contribution >= 4 is 11.6 Å². The van der Waals surface area contributed by atoms with E-state index in [0.717, 1.165) is 25.1 Å². The zero-order chi connectivity index (χ0) is 10.6. The maximum Gasteiger partial charge on any atom is 0.150 e. The Kier molecular flexibility index (Phi) is 1.92. The first-order valence-corrected chi connectivity index (χ1v) is 6.02. The number of nitrogens with zero attached hydrogens (tertiary/aromatic N) is 2. The lowest BCUT2D eigenvalue weighted by atomic mass is 9.95. The molecule has 2 N–H and O–H groups in total. The molecule has 3 nitrogen and oxygen atoms in total. The van der Waals surface area contributed by atoms with Crippen LogP contribution in [-0.2, 0) is 6.42 Å². The minimum Gasteiger partial charge on any atom is -0.326 e. The van der Waals surface area contributed by atoms with Gasteiger partial charge in [-0.3, -0.25) is 0 Å². The van der Waals surface area contributed by atoms with Gasteiger partial charge in [-0.15, -0.1) is 0 Å². The molecule has 4 heteroatoms. The molecular formula is C11H16ClN3. The number of fused-ring (bicyclic) bond motifs is 1. The average molecular weight is 226 g/mol. The number of hydrogen-bond donors (Lipinski definition) is 1. The Bertz CT molecular complexity index is 406. The Labute approximate surface area is 94.6 Å². The predicted molar refractivity (Wildman–Crippen MR) is 60.1 cm³/mol. The van der Waals surface area contributed by atoms with Crippen molar-refractivity contribution in [2.45, 2.75) is 50.6 Å². The molecule has 82 valence electrons. The van der Waals surface area contributed by atoms with Gasteiger partial charge < -0.3 is 10.3 Å². The second-order valence-electron chi connectivity index (χ2n) is 4.91. The van der Waals surface area contributed by atoms with Crippen molar-refractivity contribution in [3.63, 3.8) is 0 Å². The molecule has 0 saturated heterocycles. The van der Waals surface area contributed by atoms with Crippen LogP contribution in [0.2, 0.25) is 5.15 Å². The molecule has 1 fully saturated rings. The second-order valence-corrected chi connectivity index (χ2v) is 5.27. The van der Waals surface area contributed by atoms with E-state index in [1.54, 1.807) is 0 Å². The van der Waals surface area contributed by atoms with Crippen molar-refractivity contribution in [3.8, 4) is 0 Å². The Balaban J connectivity index is 2.09. The minimum absolute atomic E-state index is 0.0317. The van der Waals surface area contributed by atoms with E-state index in [1.807, 2.05) is 6.92 Å². The van der Waals surface area contributed by atoms with E-state index in [4.69, 9.17) is 17.3 Å². The van der Waals surface area contributed by atoms with E-state index in [-0.39, 0.29) is 5.54 Å². The number of aryl methyl sites for hydroxylation is 1. The van der Waals surface area contributed by atoms with Crippen molar-refractivity contribution in [1.29, 1.82) is 0 Å². The van der Waals surface area contributed by atoms with Crippen LogP contribution in [0.5, 0.6) is 0 Å². The van der Waals surface area contributed by atoms with Crippen LogP contribution < -0.4 is 5.73 Å². The summed E-state index contributed by atoms with van der Waals surface area (Å²) < 4.78 is 2.29. The highest BCUT2D eigenvalue weighted by Gasteiger charge is 2.48. The molecule has 0 radical (unpaired) electrons. The minimum atomic E-state index is 0.0317. The maximum atomic E-state index is 6.32. The van der Waals surface area contributed by atoms with Crippen molar-refractivity contribution < 1.29 is 0 Å². The molecule has 1 aliphatic heterocycles. The lowest BCUT2D eigenvalue weighted by Crippen LogP contribution is -2.37. The fourth-order valence-electron chi connectivity index (χ4n) is 2.81. The van der Waals surface area contributed by atoms with Gasteiger partial charge in [-0.2, -0.15) is 0 Å². The maximum absolute atomic E-state index is 6.32. The Morgan fingerprint density at radius 1 is 1.53 bits per heavy atom. The summed E-state index contributed by atoms with van der Waals surface area (Å²) in [6.07, 6.45) is 5.70. The lowest BCUT2D eigenvalue weighted by Gasteiger charge is -2.31. The molecule has 2 aliphatic rings. The summed E-state index contributed by atoms with van der Waals surface area (Å²) in [6.45, 7) is 2.03. The molecule has 0 amide bonds. The number of aromatic nitrogens is 2. The summed E-state index contributed by atoms with van der Waals surface area (Å²) in [5.74, 6) is 1.02. The van der Waals surface area contributed by atoms with Crippen LogP contribution in [0.15, 0.2) is 0 Å². The van der Waals surface area contributed by atoms with Crippen molar-refractivity contribution in [2.75, 3.05) is 0 Å². The second kappa shape index (κ2) is 2.98. The molecule has 0 bridgehead atoms. The summed E-state index contributed by atoms with van der Waals surface area (Å²) in [6, 6.07) is 0.432. The van der Waals surface area contributed by atoms with E-state index in [9.17, 15) is 0 Å². The third-order valence-corrected chi connectivity index (χ3v) is 4.13. The van der Waals surface area contributed by atoms with Gasteiger partial charge in [-0.25, -0.2) is 4.98 Å². The Morgan fingerprint density at radius 3 is 2.93 bits per heavy atom. The summed E-state index contributed by atoms with van der Waals surface area (Å²) in [4.78, 5) is 4.36. The Hall–Kier alpha value is -0.540. The van der Waals surface area contributed by atoms with Gasteiger partial charge in [-0.1, -0.05) is 11.6 Å². The van der Waals surface area contributed by atoms with Crippen LogP contribution in [-0.4, -0.2) is 15.1 Å². The van der Waals surface area contributed by atoms with Crippen LogP contribution in [0.1, 0.15) is 43.2 Å².